The minimum atomic E-state index is -1.88. The highest BCUT2D eigenvalue weighted by atomic mass is 16.5. The Balaban J connectivity index is 1.68. The normalized spacial score (nSPS) is 23.5. The molecular weight excluding hydrogens is 356 g/mol. The molecule has 2 unspecified atom stereocenters. The van der Waals surface area contributed by atoms with E-state index in [1.165, 1.54) is 0 Å². The Hall–Kier alpha value is -2.54. The fourth-order valence-corrected chi connectivity index (χ4v) is 4.01. The van der Waals surface area contributed by atoms with Gasteiger partial charge in [0.15, 0.2) is 11.4 Å². The fraction of sp³-hybridized carbons (Fsp3) is 0.364. The summed E-state index contributed by atoms with van der Waals surface area (Å²) in [6.07, 6.45) is 0. The molecule has 0 saturated carbocycles. The SMILES string of the molecule is CC(C(=O)c1ccccc1)C1(O)C(=O)N(CN2CCOCC2)c2ccccc21. The van der Waals surface area contributed by atoms with Crippen molar-refractivity contribution in [1.29, 1.82) is 0 Å². The highest BCUT2D eigenvalue weighted by Crippen LogP contribution is 2.45. The lowest BCUT2D eigenvalue weighted by atomic mass is 9.79. The number of hydrogen-bond donors (Lipinski definition) is 1. The maximum atomic E-state index is 13.4. The molecule has 0 aliphatic carbocycles. The van der Waals surface area contributed by atoms with Gasteiger partial charge < -0.3 is 9.84 Å². The van der Waals surface area contributed by atoms with Crippen LogP contribution in [0, 0.1) is 5.92 Å². The first-order chi connectivity index (χ1) is 13.5. The van der Waals surface area contributed by atoms with E-state index >= 15 is 0 Å². The predicted molar refractivity (Wildman–Crippen MR) is 105 cm³/mol. The van der Waals surface area contributed by atoms with Gasteiger partial charge >= 0.3 is 0 Å². The molecule has 1 N–H and O–H groups in total. The molecule has 2 heterocycles. The fourth-order valence-electron chi connectivity index (χ4n) is 4.01. The van der Waals surface area contributed by atoms with Crippen molar-refractivity contribution in [3.63, 3.8) is 0 Å². The number of anilines is 1. The minimum absolute atomic E-state index is 0.250. The van der Waals surface area contributed by atoms with Gasteiger partial charge in [0.1, 0.15) is 0 Å². The number of amides is 1. The summed E-state index contributed by atoms with van der Waals surface area (Å²) in [5.41, 5.74) is -0.241. The first kappa shape index (κ1) is 18.8. The Morgan fingerprint density at radius 1 is 1.11 bits per heavy atom. The van der Waals surface area contributed by atoms with Gasteiger partial charge in [-0.15, -0.1) is 0 Å². The molecule has 1 amide bonds. The maximum Gasteiger partial charge on any atom is 0.265 e. The molecule has 2 aliphatic rings. The minimum Gasteiger partial charge on any atom is -0.379 e. The second kappa shape index (κ2) is 7.47. The predicted octanol–water partition coefficient (Wildman–Crippen LogP) is 2.03. The van der Waals surface area contributed by atoms with Gasteiger partial charge in [0.25, 0.3) is 5.91 Å². The molecule has 4 rings (SSSR count). The molecule has 2 aliphatic heterocycles. The Bertz CT molecular complexity index is 879. The second-order valence-corrected chi connectivity index (χ2v) is 7.34. The molecular formula is C22H24N2O4. The monoisotopic (exact) mass is 380 g/mol. The largest absolute Gasteiger partial charge is 0.379 e. The van der Waals surface area contributed by atoms with Crippen LogP contribution in [-0.4, -0.2) is 54.7 Å². The third-order valence-electron chi connectivity index (χ3n) is 5.70. The van der Waals surface area contributed by atoms with E-state index < -0.39 is 17.4 Å². The Morgan fingerprint density at radius 2 is 1.75 bits per heavy atom. The maximum absolute atomic E-state index is 13.4. The number of rotatable bonds is 5. The van der Waals surface area contributed by atoms with E-state index in [4.69, 9.17) is 4.74 Å². The number of ether oxygens (including phenoxy) is 1. The lowest BCUT2D eigenvalue weighted by molar-refractivity contribution is -0.140. The number of ketones is 1. The number of hydrogen-bond acceptors (Lipinski definition) is 5. The highest BCUT2D eigenvalue weighted by Gasteiger charge is 2.55. The van der Waals surface area contributed by atoms with Crippen LogP contribution in [0.25, 0.3) is 0 Å². The van der Waals surface area contributed by atoms with Gasteiger partial charge in [0.2, 0.25) is 0 Å². The lowest BCUT2D eigenvalue weighted by Crippen LogP contribution is -2.51. The zero-order valence-electron chi connectivity index (χ0n) is 15.9. The van der Waals surface area contributed by atoms with Crippen LogP contribution in [0.2, 0.25) is 0 Å². The van der Waals surface area contributed by atoms with Gasteiger partial charge in [-0.25, -0.2) is 0 Å². The van der Waals surface area contributed by atoms with E-state index in [9.17, 15) is 14.7 Å². The summed E-state index contributed by atoms with van der Waals surface area (Å²) in [6.45, 7) is 4.69. The summed E-state index contributed by atoms with van der Waals surface area (Å²) in [5, 5.41) is 11.6. The van der Waals surface area contributed by atoms with Crippen molar-refractivity contribution in [2.45, 2.75) is 12.5 Å². The third-order valence-corrected chi connectivity index (χ3v) is 5.70. The summed E-state index contributed by atoms with van der Waals surface area (Å²) in [5.74, 6) is -1.60. The summed E-state index contributed by atoms with van der Waals surface area (Å²) < 4.78 is 5.38. The van der Waals surface area contributed by atoms with Crippen LogP contribution in [0.4, 0.5) is 5.69 Å². The Morgan fingerprint density at radius 3 is 2.46 bits per heavy atom. The number of para-hydroxylation sites is 1. The first-order valence-corrected chi connectivity index (χ1v) is 9.56. The van der Waals surface area contributed by atoms with Crippen LogP contribution in [0.15, 0.2) is 54.6 Å². The van der Waals surface area contributed by atoms with Gasteiger partial charge in [-0.2, -0.15) is 0 Å². The van der Waals surface area contributed by atoms with Crippen molar-refractivity contribution in [2.24, 2.45) is 5.92 Å². The van der Waals surface area contributed by atoms with E-state index in [0.717, 1.165) is 13.1 Å². The molecule has 6 heteroatoms. The molecule has 0 bridgehead atoms. The number of Topliss-reactive ketones (excluding diaryl/α,β-unsaturated/α-hetero) is 1. The highest BCUT2D eigenvalue weighted by molar-refractivity contribution is 6.11. The number of carbonyl (C=O) groups is 2. The zero-order valence-corrected chi connectivity index (χ0v) is 15.9. The van der Waals surface area contributed by atoms with E-state index in [-0.39, 0.29) is 5.78 Å². The van der Waals surface area contributed by atoms with Crippen LogP contribution in [-0.2, 0) is 15.1 Å². The van der Waals surface area contributed by atoms with Crippen LogP contribution in [0.1, 0.15) is 22.8 Å². The number of morpholine rings is 1. The lowest BCUT2D eigenvalue weighted by Gasteiger charge is -2.32. The Kier molecular flexibility index (Phi) is 5.02. The van der Waals surface area contributed by atoms with Gasteiger partial charge in [0, 0.05) is 24.2 Å². The number of benzene rings is 2. The van der Waals surface area contributed by atoms with Gasteiger partial charge in [-0.1, -0.05) is 55.5 Å². The van der Waals surface area contributed by atoms with Gasteiger partial charge in [-0.3, -0.25) is 19.4 Å². The van der Waals surface area contributed by atoms with Crippen LogP contribution >= 0.6 is 0 Å². The van der Waals surface area contributed by atoms with Crippen LogP contribution < -0.4 is 4.90 Å². The van der Waals surface area contributed by atoms with Gasteiger partial charge in [-0.05, 0) is 6.07 Å². The smallest absolute Gasteiger partial charge is 0.265 e. The summed E-state index contributed by atoms with van der Waals surface area (Å²) in [4.78, 5) is 30.1. The number of aliphatic hydroxyl groups is 1. The average Bonchev–Trinajstić information content (AvgIpc) is 2.97. The van der Waals surface area contributed by atoms with E-state index in [2.05, 4.69) is 4.90 Å². The molecule has 1 fully saturated rings. The van der Waals surface area contributed by atoms with E-state index in [1.807, 2.05) is 18.2 Å². The van der Waals surface area contributed by atoms with Crippen LogP contribution in [0.5, 0.6) is 0 Å². The summed E-state index contributed by atoms with van der Waals surface area (Å²) in [7, 11) is 0. The van der Waals surface area contributed by atoms with Crippen molar-refractivity contribution in [3.8, 4) is 0 Å². The van der Waals surface area contributed by atoms with Crippen molar-refractivity contribution < 1.29 is 19.4 Å². The van der Waals surface area contributed by atoms with E-state index in [0.29, 0.717) is 36.7 Å². The van der Waals surface area contributed by atoms with E-state index in [1.54, 1.807) is 48.2 Å². The Labute approximate surface area is 164 Å². The zero-order chi connectivity index (χ0) is 19.7. The molecule has 146 valence electrons. The summed E-state index contributed by atoms with van der Waals surface area (Å²) >= 11 is 0. The molecule has 6 nitrogen and oxygen atoms in total. The molecule has 28 heavy (non-hydrogen) atoms. The molecule has 2 atom stereocenters. The summed E-state index contributed by atoms with van der Waals surface area (Å²) in [6, 6.07) is 16.0. The van der Waals surface area contributed by atoms with Crippen molar-refractivity contribution >= 4 is 17.4 Å². The van der Waals surface area contributed by atoms with Crippen molar-refractivity contribution in [3.05, 3.63) is 65.7 Å². The number of carbonyl (C=O) groups excluding carboxylic acids is 2. The molecule has 0 aromatic heterocycles. The molecule has 0 radical (unpaired) electrons. The molecule has 0 spiro atoms. The van der Waals surface area contributed by atoms with Crippen LogP contribution in [0.3, 0.4) is 0 Å². The topological polar surface area (TPSA) is 70.1 Å². The quantitative estimate of drug-likeness (QED) is 0.804. The third kappa shape index (κ3) is 3.03. The standard InChI is InChI=1S/C22H24N2O4/c1-16(20(25)17-7-3-2-4-8-17)22(27)18-9-5-6-10-19(18)24(21(22)26)15-23-11-13-28-14-12-23/h2-10,16,27H,11-15H2,1H3. The molecule has 1 saturated heterocycles. The average molecular weight is 380 g/mol. The number of fused-ring (bicyclic) bond motifs is 1. The number of nitrogens with zero attached hydrogens (tertiary/aromatic N) is 2. The van der Waals surface area contributed by atoms with Gasteiger partial charge in [0.05, 0.1) is 31.5 Å². The second-order valence-electron chi connectivity index (χ2n) is 7.34. The molecule has 2 aromatic carbocycles. The first-order valence-electron chi connectivity index (χ1n) is 9.56. The van der Waals surface area contributed by atoms with Crippen molar-refractivity contribution in [2.75, 3.05) is 37.9 Å². The van der Waals surface area contributed by atoms with Crippen molar-refractivity contribution in [1.82, 2.24) is 4.90 Å². The molecule has 2 aromatic rings.